The van der Waals surface area contributed by atoms with Crippen LogP contribution in [0.4, 0.5) is 5.82 Å². The highest BCUT2D eigenvalue weighted by Gasteiger charge is 2.25. The summed E-state index contributed by atoms with van der Waals surface area (Å²) in [6.07, 6.45) is 5.55. The Bertz CT molecular complexity index is 344. The monoisotopic (exact) mass is 318 g/mol. The van der Waals surface area contributed by atoms with Gasteiger partial charge in [0.25, 0.3) is 0 Å². The largest absolute Gasteiger partial charge is 0.353 e. The molecule has 1 aromatic heterocycles. The molecule has 0 spiro atoms. The van der Waals surface area contributed by atoms with Crippen molar-refractivity contribution in [2.24, 2.45) is 5.73 Å². The second-order valence-electron chi connectivity index (χ2n) is 4.02. The maximum atomic E-state index is 5.94. The maximum Gasteiger partial charge on any atom is 0.145 e. The molecule has 2 N–H and O–H groups in total. The Balaban J connectivity index is 2.20. The zero-order valence-corrected chi connectivity index (χ0v) is 10.9. The molecule has 1 aliphatic heterocycles. The van der Waals surface area contributed by atoms with E-state index >= 15 is 0 Å². The molecule has 2 unspecified atom stereocenters. The van der Waals surface area contributed by atoms with Gasteiger partial charge in [0.05, 0.1) is 3.57 Å². The van der Waals surface area contributed by atoms with Gasteiger partial charge in [-0.3, -0.25) is 0 Å². The van der Waals surface area contributed by atoms with Gasteiger partial charge in [-0.25, -0.2) is 9.97 Å². The molecule has 5 heteroatoms. The van der Waals surface area contributed by atoms with Crippen molar-refractivity contribution in [2.45, 2.75) is 31.8 Å². The molecule has 2 heterocycles. The summed E-state index contributed by atoms with van der Waals surface area (Å²) in [5, 5.41) is 0. The first-order chi connectivity index (χ1) is 7.18. The number of halogens is 1. The van der Waals surface area contributed by atoms with Crippen LogP contribution in [0.2, 0.25) is 0 Å². The van der Waals surface area contributed by atoms with E-state index in [9.17, 15) is 0 Å². The van der Waals surface area contributed by atoms with Gasteiger partial charge < -0.3 is 10.6 Å². The minimum Gasteiger partial charge on any atom is -0.353 e. The van der Waals surface area contributed by atoms with Crippen molar-refractivity contribution in [2.75, 3.05) is 11.4 Å². The van der Waals surface area contributed by atoms with E-state index in [1.165, 1.54) is 0 Å². The van der Waals surface area contributed by atoms with Crippen LogP contribution in [0.5, 0.6) is 0 Å². The molecule has 0 saturated carbocycles. The Morgan fingerprint density at radius 3 is 3.07 bits per heavy atom. The maximum absolute atomic E-state index is 5.94. The summed E-state index contributed by atoms with van der Waals surface area (Å²) in [7, 11) is 0. The number of hydrogen-bond acceptors (Lipinski definition) is 4. The summed E-state index contributed by atoms with van der Waals surface area (Å²) in [6, 6.07) is 0.813. The minimum absolute atomic E-state index is 0.343. The molecule has 2 rings (SSSR count). The first-order valence-electron chi connectivity index (χ1n) is 5.16. The van der Waals surface area contributed by atoms with E-state index in [1.807, 2.05) is 6.20 Å². The predicted octanol–water partition coefficient (Wildman–Crippen LogP) is 1.40. The van der Waals surface area contributed by atoms with Crippen molar-refractivity contribution in [1.82, 2.24) is 9.97 Å². The van der Waals surface area contributed by atoms with Gasteiger partial charge in [0.1, 0.15) is 12.1 Å². The quantitative estimate of drug-likeness (QED) is 0.795. The summed E-state index contributed by atoms with van der Waals surface area (Å²) in [6.45, 7) is 3.20. The topological polar surface area (TPSA) is 55.0 Å². The molecule has 0 amide bonds. The second kappa shape index (κ2) is 4.61. The lowest BCUT2D eigenvalue weighted by atomic mass is 9.99. The number of piperidine rings is 1. The lowest BCUT2D eigenvalue weighted by Gasteiger charge is -2.37. The van der Waals surface area contributed by atoms with Crippen molar-refractivity contribution in [3.05, 3.63) is 16.1 Å². The number of aromatic nitrogens is 2. The molecule has 82 valence electrons. The smallest absolute Gasteiger partial charge is 0.145 e. The average molecular weight is 318 g/mol. The standard InChI is InChI=1S/C10H15IN4/c1-7-4-8(12)2-3-15(7)10-9(11)5-13-6-14-10/h5-8H,2-4,12H2,1H3. The van der Waals surface area contributed by atoms with Gasteiger partial charge in [0.2, 0.25) is 0 Å². The molecule has 1 aromatic rings. The molecule has 2 atom stereocenters. The molecule has 15 heavy (non-hydrogen) atoms. The number of rotatable bonds is 1. The van der Waals surface area contributed by atoms with E-state index in [0.717, 1.165) is 28.8 Å². The normalized spacial score (nSPS) is 26.7. The predicted molar refractivity (Wildman–Crippen MR) is 68.8 cm³/mol. The zero-order valence-electron chi connectivity index (χ0n) is 8.73. The molecule has 0 radical (unpaired) electrons. The van der Waals surface area contributed by atoms with Crippen molar-refractivity contribution in [3.8, 4) is 0 Å². The second-order valence-corrected chi connectivity index (χ2v) is 5.18. The Kier molecular flexibility index (Phi) is 3.40. The fourth-order valence-corrected chi connectivity index (χ4v) is 2.65. The van der Waals surface area contributed by atoms with Crippen LogP contribution in [0, 0.1) is 3.57 Å². The molecule has 0 bridgehead atoms. The van der Waals surface area contributed by atoms with E-state index < -0.39 is 0 Å². The first kappa shape index (κ1) is 11.1. The van der Waals surface area contributed by atoms with Gasteiger partial charge in [0, 0.05) is 24.8 Å². The SMILES string of the molecule is CC1CC(N)CCN1c1ncncc1I. The van der Waals surface area contributed by atoms with Crippen molar-refractivity contribution < 1.29 is 0 Å². The third-order valence-electron chi connectivity index (χ3n) is 2.84. The van der Waals surface area contributed by atoms with Crippen molar-refractivity contribution in [3.63, 3.8) is 0 Å². The molecule has 0 aromatic carbocycles. The van der Waals surface area contributed by atoms with E-state index in [-0.39, 0.29) is 0 Å². The number of nitrogens with zero attached hydrogens (tertiary/aromatic N) is 3. The molecule has 4 nitrogen and oxygen atoms in total. The summed E-state index contributed by atoms with van der Waals surface area (Å²) in [4.78, 5) is 10.7. The Hall–Kier alpha value is -0.430. The van der Waals surface area contributed by atoms with Gasteiger partial charge in [-0.15, -0.1) is 0 Å². The third kappa shape index (κ3) is 2.39. The molecule has 1 saturated heterocycles. The van der Waals surface area contributed by atoms with E-state index in [4.69, 9.17) is 5.73 Å². The fraction of sp³-hybridized carbons (Fsp3) is 0.600. The number of anilines is 1. The van der Waals surface area contributed by atoms with Crippen LogP contribution in [-0.4, -0.2) is 28.6 Å². The molecular formula is C10H15IN4. The average Bonchev–Trinajstić information content (AvgIpc) is 2.20. The Morgan fingerprint density at radius 2 is 2.40 bits per heavy atom. The van der Waals surface area contributed by atoms with Gasteiger partial charge in [-0.1, -0.05) is 0 Å². The van der Waals surface area contributed by atoms with E-state index in [1.54, 1.807) is 6.33 Å². The highest BCUT2D eigenvalue weighted by Crippen LogP contribution is 2.25. The van der Waals surface area contributed by atoms with Crippen LogP contribution in [0.1, 0.15) is 19.8 Å². The highest BCUT2D eigenvalue weighted by atomic mass is 127. The summed E-state index contributed by atoms with van der Waals surface area (Å²) in [5.74, 6) is 1.05. The lowest BCUT2D eigenvalue weighted by molar-refractivity contribution is 0.426. The molecule has 0 aliphatic carbocycles. The third-order valence-corrected chi connectivity index (χ3v) is 3.60. The lowest BCUT2D eigenvalue weighted by Crippen LogP contribution is -2.46. The molecular weight excluding hydrogens is 303 g/mol. The summed E-state index contributed by atoms with van der Waals surface area (Å²) in [5.41, 5.74) is 5.94. The van der Waals surface area contributed by atoms with Crippen LogP contribution < -0.4 is 10.6 Å². The van der Waals surface area contributed by atoms with E-state index in [2.05, 4.69) is 44.4 Å². The van der Waals surface area contributed by atoms with Crippen molar-refractivity contribution >= 4 is 28.4 Å². The summed E-state index contributed by atoms with van der Waals surface area (Å²) >= 11 is 2.28. The van der Waals surface area contributed by atoms with Crippen molar-refractivity contribution in [1.29, 1.82) is 0 Å². The number of hydrogen-bond donors (Lipinski definition) is 1. The summed E-state index contributed by atoms with van der Waals surface area (Å²) < 4.78 is 1.11. The van der Waals surface area contributed by atoms with Crippen LogP contribution in [-0.2, 0) is 0 Å². The van der Waals surface area contributed by atoms with Gasteiger partial charge in [0.15, 0.2) is 0 Å². The fourth-order valence-electron chi connectivity index (χ4n) is 2.04. The minimum atomic E-state index is 0.343. The van der Waals surface area contributed by atoms with Crippen LogP contribution in [0.15, 0.2) is 12.5 Å². The van der Waals surface area contributed by atoms with Gasteiger partial charge in [-0.2, -0.15) is 0 Å². The number of nitrogens with two attached hydrogens (primary N) is 1. The Labute approximate surface area is 103 Å². The first-order valence-corrected chi connectivity index (χ1v) is 6.24. The highest BCUT2D eigenvalue weighted by molar-refractivity contribution is 14.1. The van der Waals surface area contributed by atoms with E-state index in [0.29, 0.717) is 12.1 Å². The van der Waals surface area contributed by atoms with Crippen LogP contribution in [0.25, 0.3) is 0 Å². The van der Waals surface area contributed by atoms with Crippen LogP contribution in [0.3, 0.4) is 0 Å². The zero-order chi connectivity index (χ0) is 10.8. The molecule has 1 fully saturated rings. The Morgan fingerprint density at radius 1 is 1.60 bits per heavy atom. The molecule has 1 aliphatic rings. The van der Waals surface area contributed by atoms with Gasteiger partial charge in [-0.05, 0) is 42.4 Å². The van der Waals surface area contributed by atoms with Gasteiger partial charge >= 0.3 is 0 Å². The van der Waals surface area contributed by atoms with Crippen LogP contribution >= 0.6 is 22.6 Å².